The Labute approximate surface area is 113 Å². The van der Waals surface area contributed by atoms with Crippen molar-refractivity contribution < 1.29 is 13.2 Å². The minimum Gasteiger partial charge on any atom is -0.348 e. The van der Waals surface area contributed by atoms with Crippen molar-refractivity contribution in [1.82, 2.24) is 9.62 Å². The first-order chi connectivity index (χ1) is 8.99. The van der Waals surface area contributed by atoms with Crippen molar-refractivity contribution in [3.8, 4) is 0 Å². The first-order valence-electron chi connectivity index (χ1n) is 6.31. The van der Waals surface area contributed by atoms with E-state index in [1.807, 2.05) is 37.3 Å². The Bertz CT molecular complexity index is 542. The Balaban J connectivity index is 1.92. The maximum absolute atomic E-state index is 11.9. The topological polar surface area (TPSA) is 66.5 Å². The highest BCUT2D eigenvalue weighted by molar-refractivity contribution is 7.89. The largest absolute Gasteiger partial charge is 0.348 e. The van der Waals surface area contributed by atoms with Crippen LogP contribution in [0.4, 0.5) is 0 Å². The molecule has 104 valence electrons. The minimum atomic E-state index is -3.21. The fourth-order valence-electron chi connectivity index (χ4n) is 2.14. The van der Waals surface area contributed by atoms with E-state index in [-0.39, 0.29) is 24.2 Å². The Hall–Kier alpha value is -1.40. The maximum atomic E-state index is 11.9. The van der Waals surface area contributed by atoms with Crippen LogP contribution in [0, 0.1) is 0 Å². The van der Waals surface area contributed by atoms with Crippen LogP contribution >= 0.6 is 0 Å². The summed E-state index contributed by atoms with van der Waals surface area (Å²) in [5.74, 6) is -0.115. The molecule has 1 aromatic rings. The summed E-state index contributed by atoms with van der Waals surface area (Å²) in [4.78, 5) is 11.9. The van der Waals surface area contributed by atoms with Crippen molar-refractivity contribution >= 4 is 15.9 Å². The molecule has 0 saturated carbocycles. The van der Waals surface area contributed by atoms with Gasteiger partial charge in [0.05, 0.1) is 18.3 Å². The number of rotatable bonds is 4. The van der Waals surface area contributed by atoms with Crippen LogP contribution in [0.25, 0.3) is 0 Å². The SMILES string of the molecule is C[C@@H](NC(=O)CN1CCCS1(=O)=O)c1ccccc1. The molecule has 2 rings (SSSR count). The lowest BCUT2D eigenvalue weighted by Crippen LogP contribution is -2.39. The molecule has 1 aliphatic heterocycles. The van der Waals surface area contributed by atoms with E-state index in [2.05, 4.69) is 5.32 Å². The van der Waals surface area contributed by atoms with Gasteiger partial charge in [0.15, 0.2) is 0 Å². The monoisotopic (exact) mass is 282 g/mol. The van der Waals surface area contributed by atoms with Gasteiger partial charge in [-0.1, -0.05) is 30.3 Å². The van der Waals surface area contributed by atoms with Crippen LogP contribution < -0.4 is 5.32 Å². The van der Waals surface area contributed by atoms with E-state index in [1.54, 1.807) is 0 Å². The quantitative estimate of drug-likeness (QED) is 0.892. The second-order valence-electron chi connectivity index (χ2n) is 4.70. The Morgan fingerprint density at radius 1 is 1.37 bits per heavy atom. The number of benzene rings is 1. The highest BCUT2D eigenvalue weighted by Gasteiger charge is 2.29. The van der Waals surface area contributed by atoms with Crippen LogP contribution in [-0.4, -0.2) is 37.5 Å². The molecule has 0 spiro atoms. The zero-order chi connectivity index (χ0) is 13.9. The maximum Gasteiger partial charge on any atom is 0.235 e. The van der Waals surface area contributed by atoms with Crippen LogP contribution in [-0.2, 0) is 14.8 Å². The third-order valence-electron chi connectivity index (χ3n) is 3.20. The number of carbonyl (C=O) groups is 1. The average molecular weight is 282 g/mol. The van der Waals surface area contributed by atoms with E-state index in [1.165, 1.54) is 4.31 Å². The van der Waals surface area contributed by atoms with Gasteiger partial charge in [-0.2, -0.15) is 4.31 Å². The van der Waals surface area contributed by atoms with E-state index in [4.69, 9.17) is 0 Å². The summed E-state index contributed by atoms with van der Waals surface area (Å²) < 4.78 is 24.4. The molecule has 1 fully saturated rings. The van der Waals surface area contributed by atoms with Crippen molar-refractivity contribution in [2.24, 2.45) is 0 Å². The highest BCUT2D eigenvalue weighted by Crippen LogP contribution is 2.14. The Kier molecular flexibility index (Phi) is 4.21. The lowest BCUT2D eigenvalue weighted by Gasteiger charge is -2.17. The lowest BCUT2D eigenvalue weighted by atomic mass is 10.1. The fourth-order valence-corrected chi connectivity index (χ4v) is 3.61. The van der Waals surface area contributed by atoms with Crippen molar-refractivity contribution in [2.45, 2.75) is 19.4 Å². The van der Waals surface area contributed by atoms with Gasteiger partial charge < -0.3 is 5.32 Å². The number of nitrogens with one attached hydrogen (secondary N) is 1. The van der Waals surface area contributed by atoms with Gasteiger partial charge >= 0.3 is 0 Å². The molecule has 1 amide bonds. The summed E-state index contributed by atoms with van der Waals surface area (Å²) in [5.41, 5.74) is 1.00. The predicted molar refractivity (Wildman–Crippen MR) is 73.0 cm³/mol. The third kappa shape index (κ3) is 3.54. The van der Waals surface area contributed by atoms with Crippen molar-refractivity contribution in [2.75, 3.05) is 18.8 Å². The lowest BCUT2D eigenvalue weighted by molar-refractivity contribution is -0.121. The smallest absolute Gasteiger partial charge is 0.235 e. The normalized spacial score (nSPS) is 20.1. The van der Waals surface area contributed by atoms with Crippen LogP contribution in [0.3, 0.4) is 0 Å². The summed E-state index contributed by atoms with van der Waals surface area (Å²) in [6.07, 6.45) is 0.601. The van der Waals surface area contributed by atoms with Gasteiger partial charge in [0.1, 0.15) is 0 Å². The van der Waals surface area contributed by atoms with Crippen molar-refractivity contribution in [3.63, 3.8) is 0 Å². The van der Waals surface area contributed by atoms with Crippen molar-refractivity contribution in [3.05, 3.63) is 35.9 Å². The highest BCUT2D eigenvalue weighted by atomic mass is 32.2. The third-order valence-corrected chi connectivity index (χ3v) is 5.10. The van der Waals surface area contributed by atoms with E-state index < -0.39 is 10.0 Å². The molecular weight excluding hydrogens is 264 g/mol. The molecule has 0 unspecified atom stereocenters. The number of hydrogen-bond donors (Lipinski definition) is 1. The number of amides is 1. The molecule has 0 aromatic heterocycles. The molecule has 5 nitrogen and oxygen atoms in total. The van der Waals surface area contributed by atoms with Crippen LogP contribution in [0.2, 0.25) is 0 Å². The second-order valence-corrected chi connectivity index (χ2v) is 6.79. The van der Waals surface area contributed by atoms with E-state index in [9.17, 15) is 13.2 Å². The van der Waals surface area contributed by atoms with Crippen LogP contribution in [0.5, 0.6) is 0 Å². The zero-order valence-electron chi connectivity index (χ0n) is 10.9. The molecular formula is C13H18N2O3S. The molecule has 6 heteroatoms. The number of hydrogen-bond acceptors (Lipinski definition) is 3. The fraction of sp³-hybridized carbons (Fsp3) is 0.462. The van der Waals surface area contributed by atoms with Gasteiger partial charge in [-0.25, -0.2) is 8.42 Å². The summed E-state index contributed by atoms with van der Waals surface area (Å²) >= 11 is 0. The summed E-state index contributed by atoms with van der Waals surface area (Å²) in [6.45, 7) is 2.24. The summed E-state index contributed by atoms with van der Waals surface area (Å²) in [7, 11) is -3.21. The standard InChI is InChI=1S/C13H18N2O3S/c1-11(12-6-3-2-4-7-12)14-13(16)10-15-8-5-9-19(15,17)18/h2-4,6-7,11H,5,8-10H2,1H3,(H,14,16)/t11-/m1/s1. The molecule has 0 bridgehead atoms. The molecule has 0 radical (unpaired) electrons. The zero-order valence-corrected chi connectivity index (χ0v) is 11.7. The molecule has 1 saturated heterocycles. The first-order valence-corrected chi connectivity index (χ1v) is 7.92. The summed E-state index contributed by atoms with van der Waals surface area (Å²) in [6, 6.07) is 9.45. The van der Waals surface area contributed by atoms with Gasteiger partial charge in [0.25, 0.3) is 0 Å². The van der Waals surface area contributed by atoms with Gasteiger partial charge in [0, 0.05) is 6.54 Å². The van der Waals surface area contributed by atoms with Gasteiger partial charge in [-0.15, -0.1) is 0 Å². The van der Waals surface area contributed by atoms with E-state index in [0.29, 0.717) is 13.0 Å². The van der Waals surface area contributed by atoms with Crippen LogP contribution in [0.1, 0.15) is 24.9 Å². The second kappa shape index (κ2) is 5.71. The van der Waals surface area contributed by atoms with Gasteiger partial charge in [0.2, 0.25) is 15.9 Å². The average Bonchev–Trinajstić information content (AvgIpc) is 2.69. The van der Waals surface area contributed by atoms with Crippen molar-refractivity contribution in [1.29, 1.82) is 0 Å². The predicted octanol–water partition coefficient (Wildman–Crippen LogP) is 0.899. The molecule has 19 heavy (non-hydrogen) atoms. The molecule has 1 heterocycles. The van der Waals surface area contributed by atoms with Gasteiger partial charge in [-0.3, -0.25) is 4.79 Å². The molecule has 1 aromatic carbocycles. The van der Waals surface area contributed by atoms with Gasteiger partial charge in [-0.05, 0) is 18.9 Å². The Morgan fingerprint density at radius 3 is 2.63 bits per heavy atom. The number of carbonyl (C=O) groups excluding carboxylic acids is 1. The van der Waals surface area contributed by atoms with Crippen LogP contribution in [0.15, 0.2) is 30.3 Å². The first kappa shape index (κ1) is 14.0. The Morgan fingerprint density at radius 2 is 2.05 bits per heavy atom. The molecule has 0 aliphatic carbocycles. The minimum absolute atomic E-state index is 0.0838. The number of sulfonamides is 1. The summed E-state index contributed by atoms with van der Waals surface area (Å²) in [5, 5.41) is 2.82. The molecule has 1 aliphatic rings. The van der Waals surface area contributed by atoms with E-state index >= 15 is 0 Å². The van der Waals surface area contributed by atoms with E-state index in [0.717, 1.165) is 5.56 Å². The molecule has 1 atom stereocenters. The number of nitrogens with zero attached hydrogens (tertiary/aromatic N) is 1. The molecule has 1 N–H and O–H groups in total.